The number of anilines is 1. The highest BCUT2D eigenvalue weighted by Gasteiger charge is 2.16. The zero-order valence-corrected chi connectivity index (χ0v) is 18.7. The summed E-state index contributed by atoms with van der Waals surface area (Å²) in [7, 11) is 1.84. The van der Waals surface area contributed by atoms with E-state index in [1.165, 1.54) is 35.5 Å². The SMILES string of the molecule is CN=C(NCCCCN1CCN(c2cccc(C)c2)CC1)NCCc1cccs1. The van der Waals surface area contributed by atoms with Crippen LogP contribution in [0.15, 0.2) is 46.8 Å². The van der Waals surface area contributed by atoms with Crippen molar-refractivity contribution in [1.82, 2.24) is 15.5 Å². The number of guanidine groups is 1. The van der Waals surface area contributed by atoms with Gasteiger partial charge in [0.25, 0.3) is 0 Å². The number of nitrogens with one attached hydrogen (secondary N) is 2. The standard InChI is InChI=1S/C23H35N5S/c1-20-7-5-8-21(19-20)28-16-14-27(15-17-28)13-4-3-11-25-23(24-2)26-12-10-22-9-6-18-29-22/h5-9,18-19H,3-4,10-17H2,1-2H3,(H2,24,25,26). The second kappa shape index (κ2) is 11.8. The van der Waals surface area contributed by atoms with E-state index in [2.05, 4.69) is 74.1 Å². The van der Waals surface area contributed by atoms with Gasteiger partial charge in [-0.1, -0.05) is 18.2 Å². The Morgan fingerprint density at radius 2 is 1.86 bits per heavy atom. The monoisotopic (exact) mass is 413 g/mol. The average Bonchev–Trinajstić information content (AvgIpc) is 3.26. The van der Waals surface area contributed by atoms with Crippen LogP contribution in [0.5, 0.6) is 0 Å². The van der Waals surface area contributed by atoms with Crippen molar-refractivity contribution >= 4 is 23.0 Å². The third kappa shape index (κ3) is 7.37. The summed E-state index contributed by atoms with van der Waals surface area (Å²) >= 11 is 1.81. The van der Waals surface area contributed by atoms with Gasteiger partial charge >= 0.3 is 0 Å². The lowest BCUT2D eigenvalue weighted by Gasteiger charge is -2.36. The van der Waals surface area contributed by atoms with Crippen LogP contribution >= 0.6 is 11.3 Å². The Morgan fingerprint density at radius 1 is 1.03 bits per heavy atom. The number of hydrogen-bond donors (Lipinski definition) is 2. The highest BCUT2D eigenvalue weighted by molar-refractivity contribution is 7.09. The van der Waals surface area contributed by atoms with Gasteiger partial charge in [0, 0.05) is 56.9 Å². The number of unbranched alkanes of at least 4 members (excludes halogenated alkanes) is 1. The topological polar surface area (TPSA) is 42.9 Å². The van der Waals surface area contributed by atoms with Gasteiger partial charge in [0.05, 0.1) is 0 Å². The maximum Gasteiger partial charge on any atom is 0.190 e. The van der Waals surface area contributed by atoms with Crippen LogP contribution in [0.3, 0.4) is 0 Å². The molecule has 2 N–H and O–H groups in total. The first-order valence-corrected chi connectivity index (χ1v) is 11.6. The number of aryl methyl sites for hydroxylation is 1. The summed E-state index contributed by atoms with van der Waals surface area (Å²) in [6.07, 6.45) is 3.44. The highest BCUT2D eigenvalue weighted by Crippen LogP contribution is 2.17. The Kier molecular flexibility index (Phi) is 8.83. The van der Waals surface area contributed by atoms with E-state index < -0.39 is 0 Å². The average molecular weight is 414 g/mol. The molecule has 0 saturated carbocycles. The Bertz CT molecular complexity index is 735. The lowest BCUT2D eigenvalue weighted by atomic mass is 10.2. The lowest BCUT2D eigenvalue weighted by Crippen LogP contribution is -2.46. The first-order chi connectivity index (χ1) is 14.2. The fourth-order valence-electron chi connectivity index (χ4n) is 3.70. The van der Waals surface area contributed by atoms with Crippen LogP contribution < -0.4 is 15.5 Å². The molecule has 0 amide bonds. The molecule has 1 fully saturated rings. The summed E-state index contributed by atoms with van der Waals surface area (Å²) in [6, 6.07) is 13.1. The second-order valence-corrected chi connectivity index (χ2v) is 8.66. The summed E-state index contributed by atoms with van der Waals surface area (Å²) in [5, 5.41) is 8.97. The van der Waals surface area contributed by atoms with Crippen molar-refractivity contribution in [2.75, 3.05) is 57.8 Å². The van der Waals surface area contributed by atoms with Crippen LogP contribution in [0, 0.1) is 6.92 Å². The Balaban J connectivity index is 1.24. The third-order valence-corrected chi connectivity index (χ3v) is 6.34. The molecule has 1 aliphatic heterocycles. The molecule has 0 unspecified atom stereocenters. The largest absolute Gasteiger partial charge is 0.369 e. The van der Waals surface area contributed by atoms with Crippen molar-refractivity contribution in [1.29, 1.82) is 0 Å². The Morgan fingerprint density at radius 3 is 2.59 bits per heavy atom. The molecule has 0 aliphatic carbocycles. The van der Waals surface area contributed by atoms with Gasteiger partial charge in [-0.2, -0.15) is 0 Å². The van der Waals surface area contributed by atoms with Crippen LogP contribution in [0.4, 0.5) is 5.69 Å². The number of benzene rings is 1. The summed E-state index contributed by atoms with van der Waals surface area (Å²) < 4.78 is 0. The third-order valence-electron chi connectivity index (χ3n) is 5.40. The van der Waals surface area contributed by atoms with Crippen LogP contribution in [0.1, 0.15) is 23.3 Å². The van der Waals surface area contributed by atoms with E-state index in [9.17, 15) is 0 Å². The number of hydrogen-bond acceptors (Lipinski definition) is 4. The molecule has 2 heterocycles. The number of aliphatic imine (C=N–C) groups is 1. The molecule has 0 bridgehead atoms. The smallest absolute Gasteiger partial charge is 0.190 e. The van der Waals surface area contributed by atoms with Gasteiger partial charge in [0.15, 0.2) is 5.96 Å². The molecular weight excluding hydrogens is 378 g/mol. The van der Waals surface area contributed by atoms with Crippen LogP contribution in [-0.2, 0) is 6.42 Å². The molecule has 29 heavy (non-hydrogen) atoms. The maximum atomic E-state index is 4.32. The summed E-state index contributed by atoms with van der Waals surface area (Å²) in [6.45, 7) is 9.83. The second-order valence-electron chi connectivity index (χ2n) is 7.63. The van der Waals surface area contributed by atoms with Crippen molar-refractivity contribution in [2.45, 2.75) is 26.2 Å². The molecule has 1 aromatic heterocycles. The van der Waals surface area contributed by atoms with Crippen molar-refractivity contribution in [3.05, 3.63) is 52.2 Å². The molecule has 0 atom stereocenters. The molecule has 0 radical (unpaired) electrons. The predicted octanol–water partition coefficient (Wildman–Crippen LogP) is 3.37. The number of piperazine rings is 1. The summed E-state index contributed by atoms with van der Waals surface area (Å²) in [4.78, 5) is 10.8. The molecule has 5 nitrogen and oxygen atoms in total. The molecule has 1 saturated heterocycles. The number of nitrogens with zero attached hydrogens (tertiary/aromatic N) is 3. The first-order valence-electron chi connectivity index (χ1n) is 10.8. The molecule has 0 spiro atoms. The molecule has 2 aromatic rings. The minimum absolute atomic E-state index is 0.910. The molecule has 3 rings (SSSR count). The fraction of sp³-hybridized carbons (Fsp3) is 0.522. The van der Waals surface area contributed by atoms with E-state index in [4.69, 9.17) is 0 Å². The molecule has 6 heteroatoms. The van der Waals surface area contributed by atoms with E-state index >= 15 is 0 Å². The van der Waals surface area contributed by atoms with E-state index in [-0.39, 0.29) is 0 Å². The number of rotatable bonds is 9. The Labute approximate surface area is 179 Å². The van der Waals surface area contributed by atoms with E-state index in [1.807, 2.05) is 18.4 Å². The maximum absolute atomic E-state index is 4.32. The molecule has 1 aromatic carbocycles. The van der Waals surface area contributed by atoms with Gasteiger partial charge in [-0.05, 0) is 61.9 Å². The Hall–Kier alpha value is -2.05. The minimum atomic E-state index is 0.910. The van der Waals surface area contributed by atoms with Crippen molar-refractivity contribution in [3.8, 4) is 0 Å². The molecule has 158 valence electrons. The zero-order chi connectivity index (χ0) is 20.3. The van der Waals surface area contributed by atoms with Gasteiger partial charge in [-0.3, -0.25) is 9.89 Å². The molecule has 1 aliphatic rings. The van der Waals surface area contributed by atoms with Crippen molar-refractivity contribution in [3.63, 3.8) is 0 Å². The highest BCUT2D eigenvalue weighted by atomic mass is 32.1. The fourth-order valence-corrected chi connectivity index (χ4v) is 4.41. The normalized spacial score (nSPS) is 15.5. The quantitative estimate of drug-likeness (QED) is 0.376. The van der Waals surface area contributed by atoms with Crippen LogP contribution in [-0.4, -0.2) is 63.7 Å². The summed E-state index contributed by atoms with van der Waals surface area (Å²) in [5.74, 6) is 0.910. The van der Waals surface area contributed by atoms with Crippen LogP contribution in [0.2, 0.25) is 0 Å². The van der Waals surface area contributed by atoms with Gasteiger partial charge < -0.3 is 15.5 Å². The first kappa shape index (κ1) is 21.7. The van der Waals surface area contributed by atoms with Gasteiger partial charge in [0.1, 0.15) is 0 Å². The van der Waals surface area contributed by atoms with Gasteiger partial charge in [-0.25, -0.2) is 0 Å². The van der Waals surface area contributed by atoms with E-state index in [0.717, 1.165) is 51.6 Å². The van der Waals surface area contributed by atoms with Crippen molar-refractivity contribution < 1.29 is 0 Å². The van der Waals surface area contributed by atoms with E-state index in [0.29, 0.717) is 0 Å². The lowest BCUT2D eigenvalue weighted by molar-refractivity contribution is 0.253. The predicted molar refractivity (Wildman–Crippen MR) is 126 cm³/mol. The number of thiophene rings is 1. The van der Waals surface area contributed by atoms with Crippen LogP contribution in [0.25, 0.3) is 0 Å². The van der Waals surface area contributed by atoms with E-state index in [1.54, 1.807) is 0 Å². The summed E-state index contributed by atoms with van der Waals surface area (Å²) in [5.41, 5.74) is 2.71. The van der Waals surface area contributed by atoms with Crippen molar-refractivity contribution in [2.24, 2.45) is 4.99 Å². The van der Waals surface area contributed by atoms with Gasteiger partial charge in [0.2, 0.25) is 0 Å². The zero-order valence-electron chi connectivity index (χ0n) is 17.9. The molecular formula is C23H35N5S. The van der Waals surface area contributed by atoms with Gasteiger partial charge in [-0.15, -0.1) is 11.3 Å². The minimum Gasteiger partial charge on any atom is -0.369 e.